The first-order chi connectivity index (χ1) is 14.9. The number of hydrogen-bond acceptors (Lipinski definition) is 5. The van der Waals surface area contributed by atoms with Gasteiger partial charge >= 0.3 is 0 Å². The Balaban J connectivity index is 1.57. The van der Waals surface area contributed by atoms with Gasteiger partial charge in [0.05, 0.1) is 33.8 Å². The quantitative estimate of drug-likeness (QED) is 0.441. The molecule has 0 atom stereocenters. The van der Waals surface area contributed by atoms with Crippen molar-refractivity contribution < 1.29 is 9.13 Å². The van der Waals surface area contributed by atoms with Gasteiger partial charge in [0.15, 0.2) is 0 Å². The number of aromatic amines is 1. The number of halogens is 2. The van der Waals surface area contributed by atoms with Gasteiger partial charge in [0.25, 0.3) is 5.56 Å². The summed E-state index contributed by atoms with van der Waals surface area (Å²) < 4.78 is 21.9. The molecule has 3 aromatic heterocycles. The van der Waals surface area contributed by atoms with Crippen molar-refractivity contribution in [3.8, 4) is 22.8 Å². The van der Waals surface area contributed by atoms with Crippen molar-refractivity contribution in [3.63, 3.8) is 0 Å². The molecule has 0 spiro atoms. The van der Waals surface area contributed by atoms with Gasteiger partial charge < -0.3 is 14.3 Å². The summed E-state index contributed by atoms with van der Waals surface area (Å²) in [6.45, 7) is 1.85. The highest BCUT2D eigenvalue weighted by molar-refractivity contribution is 6.33. The number of hydrogen-bond donors (Lipinski definition) is 1. The third kappa shape index (κ3) is 3.40. The lowest BCUT2D eigenvalue weighted by atomic mass is 10.0. The number of ether oxygens (including phenoxy) is 1. The van der Waals surface area contributed by atoms with Crippen LogP contribution >= 0.6 is 11.6 Å². The van der Waals surface area contributed by atoms with Gasteiger partial charge in [0.1, 0.15) is 23.7 Å². The van der Waals surface area contributed by atoms with Crippen LogP contribution in [0.3, 0.4) is 0 Å². The number of aryl methyl sites for hydroxylation is 2. The number of benzene rings is 2. The van der Waals surface area contributed by atoms with E-state index in [4.69, 9.17) is 16.3 Å². The van der Waals surface area contributed by atoms with Crippen LogP contribution in [0.4, 0.5) is 4.39 Å². The Labute approximate surface area is 180 Å². The van der Waals surface area contributed by atoms with E-state index in [0.717, 1.165) is 22.2 Å². The molecule has 9 heteroatoms. The predicted molar refractivity (Wildman–Crippen MR) is 116 cm³/mol. The van der Waals surface area contributed by atoms with E-state index in [-0.39, 0.29) is 16.5 Å². The van der Waals surface area contributed by atoms with Crippen molar-refractivity contribution in [3.05, 3.63) is 75.9 Å². The third-order valence-corrected chi connectivity index (χ3v) is 5.24. The highest BCUT2D eigenvalue weighted by Crippen LogP contribution is 2.36. The van der Waals surface area contributed by atoms with Gasteiger partial charge in [0, 0.05) is 35.7 Å². The Hall–Kier alpha value is -3.78. The van der Waals surface area contributed by atoms with E-state index < -0.39 is 5.82 Å². The number of nitrogens with zero attached hydrogens (tertiary/aromatic N) is 4. The standard InChI is InChI=1S/C22H15ClFN5O2/c1-11-27-19-9-25-18-7-17(24)14(6-15(18)22(19)28-11)13-4-3-12(5-16(13)23)31-20-8-21(30)29(2)10-26-20/h3-10H,1-2H3,(H,27,28). The Morgan fingerprint density at radius 2 is 1.97 bits per heavy atom. The highest BCUT2D eigenvalue weighted by Gasteiger charge is 2.15. The molecule has 7 nitrogen and oxygen atoms in total. The van der Waals surface area contributed by atoms with Crippen molar-refractivity contribution in [2.24, 2.45) is 7.05 Å². The molecule has 0 bridgehead atoms. The number of rotatable bonds is 3. The topological polar surface area (TPSA) is 85.7 Å². The average Bonchev–Trinajstić information content (AvgIpc) is 3.11. The monoisotopic (exact) mass is 435 g/mol. The van der Waals surface area contributed by atoms with Gasteiger partial charge in [-0.05, 0) is 25.1 Å². The summed E-state index contributed by atoms with van der Waals surface area (Å²) in [4.78, 5) is 27.7. The van der Waals surface area contributed by atoms with E-state index in [9.17, 15) is 9.18 Å². The molecule has 0 radical (unpaired) electrons. The molecule has 154 valence electrons. The lowest BCUT2D eigenvalue weighted by Gasteiger charge is -2.11. The smallest absolute Gasteiger partial charge is 0.256 e. The maximum atomic E-state index is 14.9. The molecule has 5 rings (SSSR count). The summed E-state index contributed by atoms with van der Waals surface area (Å²) in [7, 11) is 1.59. The average molecular weight is 436 g/mol. The van der Waals surface area contributed by atoms with E-state index in [2.05, 4.69) is 19.9 Å². The second-order valence-electron chi connectivity index (χ2n) is 7.11. The lowest BCUT2D eigenvalue weighted by Crippen LogP contribution is -2.15. The van der Waals surface area contributed by atoms with Gasteiger partial charge in [-0.1, -0.05) is 11.6 Å². The fourth-order valence-corrected chi connectivity index (χ4v) is 3.68. The normalized spacial score (nSPS) is 11.4. The van der Waals surface area contributed by atoms with Gasteiger partial charge in [-0.25, -0.2) is 14.4 Å². The molecule has 0 aliphatic carbocycles. The zero-order chi connectivity index (χ0) is 21.7. The molecule has 0 amide bonds. The second-order valence-corrected chi connectivity index (χ2v) is 7.52. The summed E-state index contributed by atoms with van der Waals surface area (Å²) >= 11 is 6.46. The number of pyridine rings is 1. The first kappa shape index (κ1) is 19.2. The molecule has 0 unspecified atom stereocenters. The molecule has 2 aromatic carbocycles. The summed E-state index contributed by atoms with van der Waals surface area (Å²) in [5.41, 5.74) is 2.57. The Kier molecular flexibility index (Phi) is 4.44. The minimum Gasteiger partial charge on any atom is -0.439 e. The molecule has 0 saturated heterocycles. The molecule has 5 aromatic rings. The molecular formula is C22H15ClFN5O2. The van der Waals surface area contributed by atoms with Crippen LogP contribution < -0.4 is 10.3 Å². The van der Waals surface area contributed by atoms with Crippen molar-refractivity contribution >= 4 is 33.5 Å². The van der Waals surface area contributed by atoms with Gasteiger partial charge in [-0.2, -0.15) is 0 Å². The van der Waals surface area contributed by atoms with Crippen LogP contribution in [0.2, 0.25) is 5.02 Å². The van der Waals surface area contributed by atoms with Gasteiger partial charge in [-0.15, -0.1) is 0 Å². The van der Waals surface area contributed by atoms with Crippen LogP contribution in [0.25, 0.3) is 33.1 Å². The number of nitrogens with one attached hydrogen (secondary N) is 1. The van der Waals surface area contributed by atoms with Crippen LogP contribution in [-0.4, -0.2) is 24.5 Å². The highest BCUT2D eigenvalue weighted by atomic mass is 35.5. The van der Waals surface area contributed by atoms with E-state index in [1.54, 1.807) is 37.5 Å². The Morgan fingerprint density at radius 1 is 1.13 bits per heavy atom. The van der Waals surface area contributed by atoms with Crippen LogP contribution in [0.15, 0.2) is 53.7 Å². The van der Waals surface area contributed by atoms with E-state index in [1.807, 2.05) is 6.92 Å². The minimum absolute atomic E-state index is 0.145. The predicted octanol–water partition coefficient (Wildman–Crippen LogP) is 4.77. The second kappa shape index (κ2) is 7.17. The molecular weight excluding hydrogens is 421 g/mol. The summed E-state index contributed by atoms with van der Waals surface area (Å²) in [6, 6.07) is 9.20. The fraction of sp³-hybridized carbons (Fsp3) is 0.0909. The summed E-state index contributed by atoms with van der Waals surface area (Å²) in [6.07, 6.45) is 3.00. The number of imidazole rings is 1. The maximum absolute atomic E-state index is 14.9. The van der Waals surface area contributed by atoms with Gasteiger partial charge in [-0.3, -0.25) is 9.78 Å². The van der Waals surface area contributed by atoms with Crippen molar-refractivity contribution in [1.29, 1.82) is 0 Å². The Bertz CT molecular complexity index is 1540. The molecule has 0 fully saturated rings. The number of fused-ring (bicyclic) bond motifs is 3. The van der Waals surface area contributed by atoms with Crippen LogP contribution in [0, 0.1) is 12.7 Å². The van der Waals surface area contributed by atoms with Crippen molar-refractivity contribution in [2.45, 2.75) is 6.92 Å². The zero-order valence-electron chi connectivity index (χ0n) is 16.5. The zero-order valence-corrected chi connectivity index (χ0v) is 17.2. The van der Waals surface area contributed by atoms with Crippen LogP contribution in [-0.2, 0) is 7.05 Å². The minimum atomic E-state index is -0.449. The molecule has 0 aliphatic heterocycles. The molecule has 0 saturated carbocycles. The largest absolute Gasteiger partial charge is 0.439 e. The lowest BCUT2D eigenvalue weighted by molar-refractivity contribution is 0.458. The summed E-state index contributed by atoms with van der Waals surface area (Å²) in [5.74, 6) is 0.823. The molecule has 31 heavy (non-hydrogen) atoms. The maximum Gasteiger partial charge on any atom is 0.256 e. The van der Waals surface area contributed by atoms with Crippen molar-refractivity contribution in [1.82, 2.24) is 24.5 Å². The molecule has 0 aliphatic rings. The van der Waals surface area contributed by atoms with Crippen LogP contribution in [0.1, 0.15) is 5.82 Å². The number of H-pyrrole nitrogens is 1. The van der Waals surface area contributed by atoms with Gasteiger partial charge in [0.2, 0.25) is 5.88 Å². The molecule has 1 N–H and O–H groups in total. The SMILES string of the molecule is Cc1nc2c(cnc3cc(F)c(-c4ccc(Oc5cc(=O)n(C)cn5)cc4Cl)cc32)[nH]1. The first-order valence-electron chi connectivity index (χ1n) is 9.34. The fourth-order valence-electron chi connectivity index (χ4n) is 3.41. The van der Waals surface area contributed by atoms with Crippen molar-refractivity contribution in [2.75, 3.05) is 0 Å². The third-order valence-electron chi connectivity index (χ3n) is 4.93. The van der Waals surface area contributed by atoms with E-state index in [1.165, 1.54) is 23.0 Å². The van der Waals surface area contributed by atoms with E-state index in [0.29, 0.717) is 22.4 Å². The molecule has 3 heterocycles. The number of aromatic nitrogens is 5. The first-order valence-corrected chi connectivity index (χ1v) is 9.72. The summed E-state index contributed by atoms with van der Waals surface area (Å²) in [5, 5.41) is 1.01. The Morgan fingerprint density at radius 3 is 2.74 bits per heavy atom. The van der Waals surface area contributed by atoms with E-state index >= 15 is 0 Å². The van der Waals surface area contributed by atoms with Crippen LogP contribution in [0.5, 0.6) is 11.6 Å².